The minimum Gasteiger partial charge on any atom is -0.444 e. The Morgan fingerprint density at radius 1 is 1.07 bits per heavy atom. The lowest BCUT2D eigenvalue weighted by molar-refractivity contribution is -0.142. The normalized spacial score (nSPS) is 25.6. The highest BCUT2D eigenvalue weighted by molar-refractivity contribution is 5.85. The molecule has 2 aromatic heterocycles. The van der Waals surface area contributed by atoms with E-state index in [1.165, 1.54) is 5.56 Å². The van der Waals surface area contributed by atoms with Gasteiger partial charge in [0.05, 0.1) is 31.5 Å². The summed E-state index contributed by atoms with van der Waals surface area (Å²) in [5.41, 5.74) is 6.84. The van der Waals surface area contributed by atoms with Crippen LogP contribution in [0.15, 0.2) is 30.6 Å². The molecule has 9 nitrogen and oxygen atoms in total. The van der Waals surface area contributed by atoms with E-state index in [9.17, 15) is 9.59 Å². The fourth-order valence-corrected chi connectivity index (χ4v) is 7.36. The predicted octanol–water partition coefficient (Wildman–Crippen LogP) is 5.69. The second-order valence-electron chi connectivity index (χ2n) is 13.7. The Hall–Kier alpha value is -3.43. The fraction of sp³-hybridized carbons (Fsp3) is 0.559. The van der Waals surface area contributed by atoms with Gasteiger partial charge in [-0.25, -0.2) is 9.78 Å². The maximum atomic E-state index is 13.9. The summed E-state index contributed by atoms with van der Waals surface area (Å²) in [4.78, 5) is 39.1. The largest absolute Gasteiger partial charge is 0.444 e. The van der Waals surface area contributed by atoms with Crippen LogP contribution in [0.5, 0.6) is 0 Å². The SMILES string of the molecule is Cc1c[nH]c2ncc(-c3cc4c(c(C5COCCN5C(=O)OC(C)(C)C)c3)CN(C(=O)C3CC5CCC(C3)O5)CC4)cc12. The number of aromatic nitrogens is 2. The third kappa shape index (κ3) is 5.53. The van der Waals surface area contributed by atoms with Crippen molar-refractivity contribution in [2.75, 3.05) is 26.3 Å². The molecule has 7 rings (SSSR count). The molecule has 1 N–H and O–H groups in total. The van der Waals surface area contributed by atoms with Crippen molar-refractivity contribution in [2.24, 2.45) is 5.92 Å². The Morgan fingerprint density at radius 2 is 1.86 bits per heavy atom. The first-order valence-corrected chi connectivity index (χ1v) is 15.7. The number of aryl methyl sites for hydroxylation is 1. The van der Waals surface area contributed by atoms with E-state index in [0.717, 1.165) is 71.0 Å². The molecule has 9 heteroatoms. The van der Waals surface area contributed by atoms with Crippen LogP contribution in [0.25, 0.3) is 22.2 Å². The number of ether oxygens (including phenoxy) is 3. The summed E-state index contributed by atoms with van der Waals surface area (Å²) in [5.74, 6) is 0.261. The lowest BCUT2D eigenvalue weighted by Crippen LogP contribution is -2.47. The van der Waals surface area contributed by atoms with Crippen LogP contribution in [0.4, 0.5) is 4.79 Å². The summed E-state index contributed by atoms with van der Waals surface area (Å²) < 4.78 is 17.9. The number of hydrogen-bond acceptors (Lipinski definition) is 6. The molecular formula is C34H42N4O5. The summed E-state index contributed by atoms with van der Waals surface area (Å²) in [6.45, 7) is 10.2. The van der Waals surface area contributed by atoms with E-state index in [4.69, 9.17) is 19.2 Å². The molecule has 6 heterocycles. The molecule has 0 spiro atoms. The van der Waals surface area contributed by atoms with Gasteiger partial charge in [0.15, 0.2) is 0 Å². The number of aromatic amines is 1. The van der Waals surface area contributed by atoms with Gasteiger partial charge in [0.25, 0.3) is 0 Å². The third-order valence-electron chi connectivity index (χ3n) is 9.51. The summed E-state index contributed by atoms with van der Waals surface area (Å²) in [5, 5.41) is 1.09. The van der Waals surface area contributed by atoms with Gasteiger partial charge in [0.2, 0.25) is 5.91 Å². The summed E-state index contributed by atoms with van der Waals surface area (Å²) >= 11 is 0. The Bertz CT molecular complexity index is 1550. The molecule has 43 heavy (non-hydrogen) atoms. The van der Waals surface area contributed by atoms with Gasteiger partial charge >= 0.3 is 6.09 Å². The molecule has 2 bridgehead atoms. The van der Waals surface area contributed by atoms with Crippen LogP contribution in [0.1, 0.15) is 74.8 Å². The van der Waals surface area contributed by atoms with Gasteiger partial charge < -0.3 is 24.1 Å². The van der Waals surface area contributed by atoms with Crippen LogP contribution in [0.3, 0.4) is 0 Å². The highest BCUT2D eigenvalue weighted by Crippen LogP contribution is 2.40. The van der Waals surface area contributed by atoms with Crippen molar-refractivity contribution >= 4 is 23.0 Å². The number of nitrogens with zero attached hydrogens (tertiary/aromatic N) is 3. The predicted molar refractivity (Wildman–Crippen MR) is 163 cm³/mol. The molecule has 228 valence electrons. The number of H-pyrrole nitrogens is 1. The van der Waals surface area contributed by atoms with Crippen LogP contribution in [0, 0.1) is 12.8 Å². The maximum absolute atomic E-state index is 13.9. The van der Waals surface area contributed by atoms with Crippen molar-refractivity contribution in [2.45, 2.75) is 90.2 Å². The van der Waals surface area contributed by atoms with E-state index in [0.29, 0.717) is 32.8 Å². The topological polar surface area (TPSA) is 97.0 Å². The second-order valence-corrected chi connectivity index (χ2v) is 13.7. The van der Waals surface area contributed by atoms with Crippen molar-refractivity contribution < 1.29 is 23.8 Å². The van der Waals surface area contributed by atoms with Gasteiger partial charge in [0.1, 0.15) is 11.2 Å². The average molecular weight is 587 g/mol. The number of carbonyl (C=O) groups excluding carboxylic acids is 2. The highest BCUT2D eigenvalue weighted by atomic mass is 16.6. The number of carbonyl (C=O) groups is 2. The molecule has 3 aromatic rings. The fourth-order valence-electron chi connectivity index (χ4n) is 7.36. The van der Waals surface area contributed by atoms with E-state index in [1.807, 2.05) is 43.0 Å². The number of morpholine rings is 1. The number of nitrogens with one attached hydrogen (secondary N) is 1. The van der Waals surface area contributed by atoms with Gasteiger partial charge in [0, 0.05) is 48.9 Å². The first-order chi connectivity index (χ1) is 20.6. The lowest BCUT2D eigenvalue weighted by Gasteiger charge is -2.40. The monoisotopic (exact) mass is 586 g/mol. The number of fused-ring (bicyclic) bond motifs is 4. The van der Waals surface area contributed by atoms with Crippen molar-refractivity contribution in [1.29, 1.82) is 0 Å². The first kappa shape index (κ1) is 28.3. The quantitative estimate of drug-likeness (QED) is 0.424. The van der Waals surface area contributed by atoms with Crippen LogP contribution >= 0.6 is 0 Å². The molecule has 3 atom stereocenters. The molecule has 4 aliphatic heterocycles. The lowest BCUT2D eigenvalue weighted by atomic mass is 9.86. The molecule has 3 fully saturated rings. The van der Waals surface area contributed by atoms with Crippen molar-refractivity contribution in [1.82, 2.24) is 19.8 Å². The van der Waals surface area contributed by atoms with Crippen LogP contribution in [0.2, 0.25) is 0 Å². The van der Waals surface area contributed by atoms with E-state index in [1.54, 1.807) is 0 Å². The van der Waals surface area contributed by atoms with Crippen molar-refractivity contribution in [3.8, 4) is 11.1 Å². The van der Waals surface area contributed by atoms with Gasteiger partial charge in [-0.15, -0.1) is 0 Å². The molecular weight excluding hydrogens is 544 g/mol. The summed E-state index contributed by atoms with van der Waals surface area (Å²) in [6, 6.07) is 6.29. The zero-order valence-corrected chi connectivity index (χ0v) is 25.7. The molecule has 3 saturated heterocycles. The summed E-state index contributed by atoms with van der Waals surface area (Å²) in [6.07, 6.45) is 8.52. The average Bonchev–Trinajstić information content (AvgIpc) is 3.54. The Labute approximate surface area is 252 Å². The minimum absolute atomic E-state index is 0.0224. The molecule has 0 aliphatic carbocycles. The minimum atomic E-state index is -0.608. The molecule has 0 radical (unpaired) electrons. The Kier molecular flexibility index (Phi) is 7.21. The molecule has 2 amide bonds. The number of rotatable bonds is 3. The zero-order chi connectivity index (χ0) is 29.9. The van der Waals surface area contributed by atoms with Gasteiger partial charge in [-0.05, 0) is 99.7 Å². The van der Waals surface area contributed by atoms with Crippen LogP contribution < -0.4 is 0 Å². The number of hydrogen-bond donors (Lipinski definition) is 1. The Balaban J connectivity index is 1.27. The first-order valence-electron chi connectivity index (χ1n) is 15.7. The molecule has 4 aliphatic rings. The van der Waals surface area contributed by atoms with Gasteiger partial charge in [-0.1, -0.05) is 6.07 Å². The standard InChI is InChI=1S/C34H42N4O5/c1-20-16-35-31-27(20)15-24(17-36-31)22-11-21-7-8-37(32(39)23-12-25-5-6-26(13-23)42-25)18-29(21)28(14-22)30-19-41-10-9-38(30)33(40)43-34(2,3)4/h11,14-17,23,25-26,30H,5-10,12-13,18-19H2,1-4H3,(H,35,36). The molecule has 3 unspecified atom stereocenters. The number of pyridine rings is 1. The van der Waals surface area contributed by atoms with Gasteiger partial charge in [-0.2, -0.15) is 0 Å². The molecule has 1 aromatic carbocycles. The summed E-state index contributed by atoms with van der Waals surface area (Å²) in [7, 11) is 0. The Morgan fingerprint density at radius 3 is 2.63 bits per heavy atom. The van der Waals surface area contributed by atoms with E-state index in [-0.39, 0.29) is 36.2 Å². The zero-order valence-electron chi connectivity index (χ0n) is 25.7. The smallest absolute Gasteiger partial charge is 0.410 e. The van der Waals surface area contributed by atoms with Crippen LogP contribution in [-0.4, -0.2) is 75.9 Å². The van der Waals surface area contributed by atoms with E-state index in [2.05, 4.69) is 30.1 Å². The van der Waals surface area contributed by atoms with Crippen LogP contribution in [-0.2, 0) is 32.0 Å². The number of amides is 2. The van der Waals surface area contributed by atoms with E-state index >= 15 is 0 Å². The van der Waals surface area contributed by atoms with Gasteiger partial charge in [-0.3, -0.25) is 9.69 Å². The van der Waals surface area contributed by atoms with E-state index < -0.39 is 5.60 Å². The number of benzene rings is 1. The highest BCUT2D eigenvalue weighted by Gasteiger charge is 2.41. The second kappa shape index (κ2) is 10.9. The molecule has 0 saturated carbocycles. The maximum Gasteiger partial charge on any atom is 0.410 e. The third-order valence-corrected chi connectivity index (χ3v) is 9.51. The van der Waals surface area contributed by atoms with Crippen molar-refractivity contribution in [3.63, 3.8) is 0 Å². The van der Waals surface area contributed by atoms with Crippen molar-refractivity contribution in [3.05, 3.63) is 52.8 Å².